The monoisotopic (exact) mass is 266 g/mol. The maximum absolute atomic E-state index is 9.58. The molecule has 0 fully saturated rings. The molecule has 0 spiro atoms. The zero-order chi connectivity index (χ0) is 12.3. The van der Waals surface area contributed by atoms with E-state index in [2.05, 4.69) is 9.98 Å². The highest BCUT2D eigenvalue weighted by Gasteiger charge is 2.00. The van der Waals surface area contributed by atoms with Gasteiger partial charge in [-0.05, 0) is 30.3 Å². The first-order valence-corrected chi connectivity index (χ1v) is 5.55. The summed E-state index contributed by atoms with van der Waals surface area (Å²) >= 11 is 11.7. The van der Waals surface area contributed by atoms with Gasteiger partial charge in [-0.3, -0.25) is 4.99 Å². The van der Waals surface area contributed by atoms with Crippen LogP contribution < -0.4 is 0 Å². The lowest BCUT2D eigenvalue weighted by Crippen LogP contribution is -1.83. The molecule has 0 aliphatic heterocycles. The van der Waals surface area contributed by atoms with Gasteiger partial charge in [0.2, 0.25) is 0 Å². The van der Waals surface area contributed by atoms with Crippen molar-refractivity contribution in [2.75, 3.05) is 0 Å². The fourth-order valence-electron chi connectivity index (χ4n) is 1.24. The molecule has 2 rings (SSSR count). The quantitative estimate of drug-likeness (QED) is 0.663. The molecule has 1 N–H and O–H groups in total. The Morgan fingerprint density at radius 3 is 2.82 bits per heavy atom. The number of aromatic nitrogens is 1. The first kappa shape index (κ1) is 11.9. The zero-order valence-corrected chi connectivity index (χ0v) is 10.2. The SMILES string of the molecule is Oc1ccc(Cl)cc1C=Nc1cccnc1Cl. The van der Waals surface area contributed by atoms with Gasteiger partial charge < -0.3 is 5.11 Å². The van der Waals surface area contributed by atoms with E-state index in [0.29, 0.717) is 21.4 Å². The molecule has 0 saturated carbocycles. The Bertz CT molecular complexity index is 570. The lowest BCUT2D eigenvalue weighted by molar-refractivity contribution is 0.474. The molecule has 0 amide bonds. The van der Waals surface area contributed by atoms with Crippen LogP contribution in [0.25, 0.3) is 0 Å². The van der Waals surface area contributed by atoms with Gasteiger partial charge in [0.15, 0.2) is 5.15 Å². The van der Waals surface area contributed by atoms with Crippen LogP contribution >= 0.6 is 23.2 Å². The molecule has 1 heterocycles. The summed E-state index contributed by atoms with van der Waals surface area (Å²) in [4.78, 5) is 8.03. The standard InChI is InChI=1S/C12H8Cl2N2O/c13-9-3-4-11(17)8(6-9)7-16-10-2-1-5-15-12(10)14/h1-7,17H. The lowest BCUT2D eigenvalue weighted by Gasteiger charge is -1.99. The second-order valence-corrected chi connectivity index (χ2v) is 4.07. The molecule has 3 nitrogen and oxygen atoms in total. The molecule has 1 aromatic heterocycles. The van der Waals surface area contributed by atoms with Crippen LogP contribution in [0.5, 0.6) is 5.75 Å². The molecule has 0 saturated heterocycles. The van der Waals surface area contributed by atoms with E-state index in [1.807, 2.05) is 0 Å². The van der Waals surface area contributed by atoms with Crippen LogP contribution in [0, 0.1) is 0 Å². The van der Waals surface area contributed by atoms with Crippen molar-refractivity contribution in [1.82, 2.24) is 4.98 Å². The number of benzene rings is 1. The van der Waals surface area contributed by atoms with E-state index in [9.17, 15) is 5.11 Å². The van der Waals surface area contributed by atoms with Gasteiger partial charge in [-0.2, -0.15) is 0 Å². The number of phenols is 1. The molecular weight excluding hydrogens is 259 g/mol. The minimum absolute atomic E-state index is 0.109. The van der Waals surface area contributed by atoms with Crippen molar-refractivity contribution in [2.45, 2.75) is 0 Å². The first-order valence-electron chi connectivity index (χ1n) is 4.80. The summed E-state index contributed by atoms with van der Waals surface area (Å²) in [5.74, 6) is 0.109. The second-order valence-electron chi connectivity index (χ2n) is 3.27. The van der Waals surface area contributed by atoms with E-state index >= 15 is 0 Å². The normalized spacial score (nSPS) is 10.9. The molecule has 17 heavy (non-hydrogen) atoms. The van der Waals surface area contributed by atoms with Gasteiger partial charge in [0.1, 0.15) is 11.4 Å². The predicted molar refractivity (Wildman–Crippen MR) is 69.6 cm³/mol. The summed E-state index contributed by atoms with van der Waals surface area (Å²) in [5.41, 5.74) is 1.06. The average Bonchev–Trinajstić information content (AvgIpc) is 2.32. The van der Waals surface area contributed by atoms with Crippen LogP contribution in [-0.2, 0) is 0 Å². The van der Waals surface area contributed by atoms with Crippen LogP contribution in [0.1, 0.15) is 5.56 Å². The Morgan fingerprint density at radius 1 is 1.24 bits per heavy atom. The number of phenolic OH excluding ortho intramolecular Hbond substituents is 1. The Hall–Kier alpha value is -1.58. The number of hydrogen-bond donors (Lipinski definition) is 1. The molecule has 0 atom stereocenters. The third-order valence-electron chi connectivity index (χ3n) is 2.07. The van der Waals surface area contributed by atoms with E-state index in [4.69, 9.17) is 23.2 Å². The average molecular weight is 267 g/mol. The van der Waals surface area contributed by atoms with Gasteiger partial charge in [-0.15, -0.1) is 0 Å². The van der Waals surface area contributed by atoms with Gasteiger partial charge in [-0.1, -0.05) is 23.2 Å². The molecule has 0 aliphatic carbocycles. The number of nitrogens with zero attached hydrogens (tertiary/aromatic N) is 2. The Morgan fingerprint density at radius 2 is 2.06 bits per heavy atom. The molecule has 0 bridgehead atoms. The Balaban J connectivity index is 2.32. The minimum atomic E-state index is 0.109. The fraction of sp³-hybridized carbons (Fsp3) is 0. The van der Waals surface area contributed by atoms with E-state index in [1.165, 1.54) is 12.3 Å². The second kappa shape index (κ2) is 5.17. The van der Waals surface area contributed by atoms with Crippen molar-refractivity contribution >= 4 is 35.1 Å². The van der Waals surface area contributed by atoms with Crippen molar-refractivity contribution in [3.63, 3.8) is 0 Å². The van der Waals surface area contributed by atoms with Crippen LogP contribution in [0.4, 0.5) is 5.69 Å². The van der Waals surface area contributed by atoms with Crippen LogP contribution in [0.2, 0.25) is 10.2 Å². The number of pyridine rings is 1. The van der Waals surface area contributed by atoms with E-state index in [1.54, 1.807) is 30.5 Å². The third kappa shape index (κ3) is 2.96. The number of halogens is 2. The summed E-state index contributed by atoms with van der Waals surface area (Å²) in [7, 11) is 0. The molecule has 86 valence electrons. The van der Waals surface area contributed by atoms with Gasteiger partial charge in [-0.25, -0.2) is 4.98 Å². The molecule has 0 aliphatic rings. The number of aliphatic imine (C=N–C) groups is 1. The summed E-state index contributed by atoms with van der Waals surface area (Å²) in [6, 6.07) is 8.19. The number of hydrogen-bond acceptors (Lipinski definition) is 3. The number of rotatable bonds is 2. The largest absolute Gasteiger partial charge is 0.507 e. The van der Waals surface area contributed by atoms with Gasteiger partial charge in [0.05, 0.1) is 0 Å². The fourth-order valence-corrected chi connectivity index (χ4v) is 1.59. The van der Waals surface area contributed by atoms with Gasteiger partial charge in [0, 0.05) is 23.0 Å². The van der Waals surface area contributed by atoms with E-state index in [0.717, 1.165) is 0 Å². The van der Waals surface area contributed by atoms with Crippen LogP contribution in [0.3, 0.4) is 0 Å². The molecule has 5 heteroatoms. The summed E-state index contributed by atoms with van der Waals surface area (Å²) in [5, 5.41) is 10.4. The van der Waals surface area contributed by atoms with Crippen molar-refractivity contribution in [3.05, 3.63) is 52.3 Å². The molecular formula is C12H8Cl2N2O. The van der Waals surface area contributed by atoms with Crippen molar-refractivity contribution in [1.29, 1.82) is 0 Å². The van der Waals surface area contributed by atoms with Crippen LogP contribution in [-0.4, -0.2) is 16.3 Å². The van der Waals surface area contributed by atoms with Crippen molar-refractivity contribution in [2.24, 2.45) is 4.99 Å². The smallest absolute Gasteiger partial charge is 0.154 e. The number of aromatic hydroxyl groups is 1. The highest BCUT2D eigenvalue weighted by atomic mass is 35.5. The predicted octanol–water partition coefficient (Wildman–Crippen LogP) is 3.84. The molecule has 1 aromatic carbocycles. The molecule has 2 aromatic rings. The summed E-state index contributed by atoms with van der Waals surface area (Å²) < 4.78 is 0. The van der Waals surface area contributed by atoms with Gasteiger partial charge in [0.25, 0.3) is 0 Å². The summed E-state index contributed by atoms with van der Waals surface area (Å²) in [6.07, 6.45) is 3.07. The van der Waals surface area contributed by atoms with Gasteiger partial charge >= 0.3 is 0 Å². The highest BCUT2D eigenvalue weighted by molar-refractivity contribution is 6.32. The Kier molecular flexibility index (Phi) is 3.61. The topological polar surface area (TPSA) is 45.5 Å². The van der Waals surface area contributed by atoms with Crippen molar-refractivity contribution < 1.29 is 5.11 Å². The van der Waals surface area contributed by atoms with E-state index < -0.39 is 0 Å². The van der Waals surface area contributed by atoms with Crippen molar-refractivity contribution in [3.8, 4) is 5.75 Å². The molecule has 0 radical (unpaired) electrons. The van der Waals surface area contributed by atoms with Crippen LogP contribution in [0.15, 0.2) is 41.5 Å². The summed E-state index contributed by atoms with van der Waals surface area (Å²) in [6.45, 7) is 0. The maximum Gasteiger partial charge on any atom is 0.154 e. The third-order valence-corrected chi connectivity index (χ3v) is 2.60. The molecule has 0 unspecified atom stereocenters. The maximum atomic E-state index is 9.58. The highest BCUT2D eigenvalue weighted by Crippen LogP contribution is 2.23. The Labute approximate surface area is 108 Å². The lowest BCUT2D eigenvalue weighted by atomic mass is 10.2. The first-order chi connectivity index (χ1) is 8.16. The minimum Gasteiger partial charge on any atom is -0.507 e. The zero-order valence-electron chi connectivity index (χ0n) is 8.64. The van der Waals surface area contributed by atoms with E-state index in [-0.39, 0.29) is 5.75 Å².